The zero-order valence-corrected chi connectivity index (χ0v) is 25.6. The van der Waals surface area contributed by atoms with Crippen molar-refractivity contribution >= 4 is 13.6 Å². The predicted octanol–water partition coefficient (Wildman–Crippen LogP) is 7.60. The first-order valence-corrected chi connectivity index (χ1v) is 16.2. The maximum absolute atomic E-state index is 12.5. The molecule has 8 heteroatoms. The van der Waals surface area contributed by atoms with Crippen molar-refractivity contribution in [2.75, 3.05) is 33.9 Å². The van der Waals surface area contributed by atoms with E-state index in [1.807, 2.05) is 50.2 Å². The molecule has 0 radical (unpaired) electrons. The van der Waals surface area contributed by atoms with Gasteiger partial charge in [0.05, 0.1) is 19.3 Å². The molecule has 0 spiro atoms. The maximum Gasteiger partial charge on any atom is 0.472 e. The Hall–Kier alpha value is -1.24. The Bertz CT molecular complexity index is 785. The lowest BCUT2D eigenvalue weighted by atomic mass is 9.95. The highest BCUT2D eigenvalue weighted by Crippen LogP contribution is 2.45. The number of carbonyl (C=O) groups is 1. The zero-order chi connectivity index (χ0) is 28.2. The van der Waals surface area contributed by atoms with Crippen molar-refractivity contribution in [2.45, 2.75) is 110 Å². The summed E-state index contributed by atoms with van der Waals surface area (Å²) in [7, 11) is -0.458. The highest BCUT2D eigenvalue weighted by molar-refractivity contribution is 7.47. The topological polar surface area (TPSA) is 85.3 Å². The number of phosphoric ester groups is 1. The molecule has 3 unspecified atom stereocenters. The number of nitrogens with zero attached hydrogens (tertiary/aromatic N) is 1. The number of ether oxygens (including phenoxy) is 1. The smallest absolute Gasteiger partial charge is 0.472 e. The van der Waals surface area contributed by atoms with Crippen molar-refractivity contribution < 1.29 is 28.0 Å². The fourth-order valence-electron chi connectivity index (χ4n) is 4.49. The number of phosphoric acid groups is 1. The second kappa shape index (κ2) is 20.6. The van der Waals surface area contributed by atoms with Crippen LogP contribution in [0.4, 0.5) is 0 Å². The van der Waals surface area contributed by atoms with Crippen molar-refractivity contribution in [3.8, 4) is 5.75 Å². The van der Waals surface area contributed by atoms with Crippen LogP contribution >= 0.6 is 7.82 Å². The summed E-state index contributed by atoms with van der Waals surface area (Å²) in [5, 5.41) is 0. The van der Waals surface area contributed by atoms with Gasteiger partial charge in [-0.15, -0.1) is 0 Å². The van der Waals surface area contributed by atoms with Gasteiger partial charge in [-0.25, -0.2) is 4.57 Å². The molecule has 0 saturated heterocycles. The van der Waals surface area contributed by atoms with Gasteiger partial charge in [0.25, 0.3) is 0 Å². The second-order valence-electron chi connectivity index (χ2n) is 10.8. The SMILES string of the molecule is CCCCCCCCCCCCOc1ccc(CC(COP(=O)(O)OC(CC)CN(C)C)CC(C)=O)cc1. The molecule has 0 bridgehead atoms. The van der Waals surface area contributed by atoms with E-state index in [1.54, 1.807) is 0 Å². The number of Topliss-reactive ketones (excluding diaryl/α,β-unsaturated/α-hetero) is 1. The molecule has 1 rings (SSSR count). The predicted molar refractivity (Wildman–Crippen MR) is 156 cm³/mol. The lowest BCUT2D eigenvalue weighted by Crippen LogP contribution is -2.27. The number of unbranched alkanes of at least 4 members (excludes halogenated alkanes) is 9. The van der Waals surface area contributed by atoms with Gasteiger partial charge in [0.1, 0.15) is 11.5 Å². The van der Waals surface area contributed by atoms with Crippen LogP contribution in [0.5, 0.6) is 5.75 Å². The van der Waals surface area contributed by atoms with Gasteiger partial charge >= 0.3 is 7.82 Å². The van der Waals surface area contributed by atoms with E-state index in [0.29, 0.717) is 19.4 Å². The van der Waals surface area contributed by atoms with Crippen LogP contribution in [0.15, 0.2) is 24.3 Å². The van der Waals surface area contributed by atoms with Gasteiger partial charge < -0.3 is 19.3 Å². The van der Waals surface area contributed by atoms with Crippen LogP contribution < -0.4 is 4.74 Å². The van der Waals surface area contributed by atoms with Crippen molar-refractivity contribution in [2.24, 2.45) is 5.92 Å². The van der Waals surface area contributed by atoms with Crippen molar-refractivity contribution in [1.29, 1.82) is 0 Å². The minimum absolute atomic E-state index is 0.0165. The standard InChI is InChI=1S/C30H54NO6P/c1-6-8-9-10-11-12-13-14-15-16-21-35-30-19-17-27(18-20-30)23-28(22-26(3)32)25-36-38(33,34)37-29(7-2)24-31(4)5/h17-20,28-29H,6-16,21-25H2,1-5H3,(H,33,34). The van der Waals surface area contributed by atoms with Gasteiger partial charge in [-0.3, -0.25) is 9.05 Å². The average Bonchev–Trinajstić information content (AvgIpc) is 2.85. The molecule has 220 valence electrons. The molecule has 0 heterocycles. The fraction of sp³-hybridized carbons (Fsp3) is 0.767. The Balaban J connectivity index is 2.40. The van der Waals surface area contributed by atoms with E-state index in [0.717, 1.165) is 24.3 Å². The summed E-state index contributed by atoms with van der Waals surface area (Å²) in [6, 6.07) is 7.87. The molecule has 0 aromatic heterocycles. The molecule has 3 atom stereocenters. The third kappa shape index (κ3) is 18.1. The average molecular weight is 556 g/mol. The minimum Gasteiger partial charge on any atom is -0.494 e. The van der Waals surface area contributed by atoms with Crippen LogP contribution in [0.1, 0.15) is 103 Å². The first kappa shape index (κ1) is 34.8. The largest absolute Gasteiger partial charge is 0.494 e. The summed E-state index contributed by atoms with van der Waals surface area (Å²) in [6.45, 7) is 6.89. The number of likely N-dealkylation sites (N-methyl/N-ethyl adjacent to an activating group) is 1. The first-order chi connectivity index (χ1) is 18.1. The van der Waals surface area contributed by atoms with Gasteiger partial charge in [-0.05, 0) is 63.9 Å². The third-order valence-electron chi connectivity index (χ3n) is 6.57. The molecule has 0 aliphatic rings. The molecule has 0 aliphatic heterocycles. The van der Waals surface area contributed by atoms with Crippen LogP contribution in [0.3, 0.4) is 0 Å². The maximum atomic E-state index is 12.5. The van der Waals surface area contributed by atoms with E-state index in [-0.39, 0.29) is 24.7 Å². The summed E-state index contributed by atoms with van der Waals surface area (Å²) in [5.74, 6) is 0.635. The Kier molecular flexibility index (Phi) is 18.9. The number of hydrogen-bond acceptors (Lipinski definition) is 6. The van der Waals surface area contributed by atoms with E-state index in [2.05, 4.69) is 6.92 Å². The number of rotatable bonds is 24. The van der Waals surface area contributed by atoms with Crippen LogP contribution in [0.25, 0.3) is 0 Å². The Morgan fingerprint density at radius 2 is 1.53 bits per heavy atom. The molecule has 1 aromatic rings. The summed E-state index contributed by atoms with van der Waals surface area (Å²) in [4.78, 5) is 23.9. The van der Waals surface area contributed by atoms with Gasteiger partial charge in [0.2, 0.25) is 0 Å². The summed E-state index contributed by atoms with van der Waals surface area (Å²) in [5.41, 5.74) is 1.03. The molecule has 0 amide bonds. The van der Waals surface area contributed by atoms with Gasteiger partial charge in [-0.1, -0.05) is 83.8 Å². The minimum atomic E-state index is -4.22. The molecule has 7 nitrogen and oxygen atoms in total. The van der Waals surface area contributed by atoms with Gasteiger partial charge in [-0.2, -0.15) is 0 Å². The Labute approximate surface area is 232 Å². The molecular weight excluding hydrogens is 501 g/mol. The number of hydrogen-bond donors (Lipinski definition) is 1. The normalized spacial score (nSPS) is 14.8. The van der Waals surface area contributed by atoms with Crippen molar-refractivity contribution in [3.63, 3.8) is 0 Å². The number of ketones is 1. The molecule has 0 aliphatic carbocycles. The molecular formula is C30H54NO6P. The summed E-state index contributed by atoms with van der Waals surface area (Å²) in [6.07, 6.45) is 14.0. The van der Waals surface area contributed by atoms with E-state index >= 15 is 0 Å². The van der Waals surface area contributed by atoms with Crippen LogP contribution in [-0.2, 0) is 24.8 Å². The molecule has 0 fully saturated rings. The van der Waals surface area contributed by atoms with Crippen LogP contribution in [0.2, 0.25) is 0 Å². The summed E-state index contributed by atoms with van der Waals surface area (Å²) >= 11 is 0. The molecule has 38 heavy (non-hydrogen) atoms. The summed E-state index contributed by atoms with van der Waals surface area (Å²) < 4.78 is 29.1. The van der Waals surface area contributed by atoms with E-state index in [9.17, 15) is 14.3 Å². The Morgan fingerprint density at radius 1 is 0.947 bits per heavy atom. The second-order valence-corrected chi connectivity index (χ2v) is 12.2. The highest BCUT2D eigenvalue weighted by Gasteiger charge is 2.28. The van der Waals surface area contributed by atoms with Crippen molar-refractivity contribution in [1.82, 2.24) is 4.90 Å². The molecule has 1 N–H and O–H groups in total. The van der Waals surface area contributed by atoms with Crippen LogP contribution in [-0.4, -0.2) is 55.5 Å². The first-order valence-electron chi connectivity index (χ1n) is 14.7. The zero-order valence-electron chi connectivity index (χ0n) is 24.7. The quantitative estimate of drug-likeness (QED) is 0.104. The number of carbonyl (C=O) groups excluding carboxylic acids is 1. The highest BCUT2D eigenvalue weighted by atomic mass is 31.2. The van der Waals surface area contributed by atoms with E-state index in [1.165, 1.54) is 64.7 Å². The fourth-order valence-corrected chi connectivity index (χ4v) is 5.55. The molecule has 1 aromatic carbocycles. The monoisotopic (exact) mass is 555 g/mol. The lowest BCUT2D eigenvalue weighted by Gasteiger charge is -2.24. The van der Waals surface area contributed by atoms with Crippen LogP contribution in [0, 0.1) is 5.92 Å². The number of benzene rings is 1. The lowest BCUT2D eigenvalue weighted by molar-refractivity contribution is -0.118. The van der Waals surface area contributed by atoms with E-state index < -0.39 is 13.9 Å². The Morgan fingerprint density at radius 3 is 2.05 bits per heavy atom. The molecule has 0 saturated carbocycles. The van der Waals surface area contributed by atoms with Gasteiger partial charge in [0.15, 0.2) is 0 Å². The third-order valence-corrected chi connectivity index (χ3v) is 7.61. The van der Waals surface area contributed by atoms with Gasteiger partial charge in [0, 0.05) is 13.0 Å². The van der Waals surface area contributed by atoms with Crippen molar-refractivity contribution in [3.05, 3.63) is 29.8 Å². The van der Waals surface area contributed by atoms with E-state index in [4.69, 9.17) is 13.8 Å².